The van der Waals surface area contributed by atoms with Crippen molar-refractivity contribution in [3.63, 3.8) is 0 Å². The summed E-state index contributed by atoms with van der Waals surface area (Å²) >= 11 is 0. The second kappa shape index (κ2) is 7.53. The number of nitrogens with zero attached hydrogens (tertiary/aromatic N) is 1. The lowest BCUT2D eigenvalue weighted by Gasteiger charge is -2.25. The van der Waals surface area contributed by atoms with Gasteiger partial charge >= 0.3 is 6.18 Å². The fraction of sp³-hybridized carbons (Fsp3) is 0.588. The zero-order chi connectivity index (χ0) is 17.9. The molecule has 2 rings (SSSR count). The number of carbonyl (C=O) groups is 1. The third-order valence-corrected chi connectivity index (χ3v) is 4.06. The van der Waals surface area contributed by atoms with Gasteiger partial charge in [0.1, 0.15) is 0 Å². The maximum absolute atomic E-state index is 12.9. The van der Waals surface area contributed by atoms with E-state index in [0.717, 1.165) is 12.1 Å². The van der Waals surface area contributed by atoms with E-state index < -0.39 is 17.8 Å². The molecule has 2 atom stereocenters. The zero-order valence-electron chi connectivity index (χ0n) is 13.8. The molecule has 7 heteroatoms. The first kappa shape index (κ1) is 18.7. The van der Waals surface area contributed by atoms with E-state index in [2.05, 4.69) is 5.32 Å². The number of likely N-dealkylation sites (tertiary alicyclic amines) is 1. The van der Waals surface area contributed by atoms with Crippen LogP contribution in [0.25, 0.3) is 0 Å². The van der Waals surface area contributed by atoms with E-state index >= 15 is 0 Å². The summed E-state index contributed by atoms with van der Waals surface area (Å²) in [6.07, 6.45) is -4.37. The van der Waals surface area contributed by atoms with Gasteiger partial charge in [-0.3, -0.25) is 9.69 Å². The highest BCUT2D eigenvalue weighted by atomic mass is 19.4. The van der Waals surface area contributed by atoms with Crippen molar-refractivity contribution in [1.82, 2.24) is 10.2 Å². The number of aliphatic hydroxyl groups is 1. The lowest BCUT2D eigenvalue weighted by atomic mass is 10.0. The monoisotopic (exact) mass is 344 g/mol. The van der Waals surface area contributed by atoms with Crippen LogP contribution in [-0.2, 0) is 11.0 Å². The molecule has 0 aliphatic carbocycles. The van der Waals surface area contributed by atoms with Crippen molar-refractivity contribution >= 4 is 5.91 Å². The van der Waals surface area contributed by atoms with Gasteiger partial charge < -0.3 is 10.4 Å². The van der Waals surface area contributed by atoms with Crippen LogP contribution in [0, 0.1) is 0 Å². The third-order valence-electron chi connectivity index (χ3n) is 4.06. The molecule has 0 radical (unpaired) electrons. The highest BCUT2D eigenvalue weighted by Gasteiger charge is 2.35. The van der Waals surface area contributed by atoms with Crippen LogP contribution in [-0.4, -0.2) is 41.1 Å². The lowest BCUT2D eigenvalue weighted by Crippen LogP contribution is -2.34. The molecule has 2 N–H and O–H groups in total. The molecule has 1 fully saturated rings. The average molecular weight is 344 g/mol. The van der Waals surface area contributed by atoms with Crippen molar-refractivity contribution in [2.75, 3.05) is 13.1 Å². The van der Waals surface area contributed by atoms with Gasteiger partial charge in [0.15, 0.2) is 0 Å². The van der Waals surface area contributed by atoms with Gasteiger partial charge in [-0.15, -0.1) is 0 Å². The van der Waals surface area contributed by atoms with E-state index in [1.54, 1.807) is 6.07 Å². The lowest BCUT2D eigenvalue weighted by molar-refractivity contribution is -0.137. The van der Waals surface area contributed by atoms with Gasteiger partial charge in [-0.25, -0.2) is 0 Å². The molecule has 0 saturated carbocycles. The van der Waals surface area contributed by atoms with Gasteiger partial charge in [-0.1, -0.05) is 12.1 Å². The minimum Gasteiger partial charge on any atom is -0.392 e. The summed E-state index contributed by atoms with van der Waals surface area (Å²) < 4.78 is 38.7. The van der Waals surface area contributed by atoms with E-state index in [4.69, 9.17) is 0 Å². The Kier molecular flexibility index (Phi) is 5.87. The fourth-order valence-corrected chi connectivity index (χ4v) is 3.03. The molecule has 1 aromatic carbocycles. The number of nitrogens with one attached hydrogen (secondary N) is 1. The first-order valence-corrected chi connectivity index (χ1v) is 8.05. The van der Waals surface area contributed by atoms with Crippen LogP contribution in [0.5, 0.6) is 0 Å². The zero-order valence-corrected chi connectivity index (χ0v) is 13.8. The SMILES string of the molecule is CC(C)NC(=O)CCN1C[C@@H](O)C[C@H]1c1cccc(C(F)(F)F)c1. The number of halogens is 3. The Morgan fingerprint density at radius 3 is 2.75 bits per heavy atom. The molecule has 0 bridgehead atoms. The first-order chi connectivity index (χ1) is 11.2. The summed E-state index contributed by atoms with van der Waals surface area (Å²) in [7, 11) is 0. The predicted octanol–water partition coefficient (Wildman–Crippen LogP) is 2.73. The van der Waals surface area contributed by atoms with Crippen molar-refractivity contribution in [2.45, 2.75) is 51.1 Å². The molecule has 0 unspecified atom stereocenters. The van der Waals surface area contributed by atoms with Gasteiger partial charge in [-0.05, 0) is 38.0 Å². The third kappa shape index (κ3) is 4.95. The Hall–Kier alpha value is -1.60. The Bertz CT molecular complexity index is 575. The van der Waals surface area contributed by atoms with Gasteiger partial charge in [0.25, 0.3) is 0 Å². The Morgan fingerprint density at radius 2 is 2.12 bits per heavy atom. The minimum atomic E-state index is -4.39. The largest absolute Gasteiger partial charge is 0.416 e. The van der Waals surface area contributed by atoms with Crippen LogP contribution in [0.4, 0.5) is 13.2 Å². The molecule has 1 saturated heterocycles. The number of β-amino-alcohol motifs (C(OH)–C–C–N with tert-alkyl or cyclic N) is 1. The Labute approximate surface area is 139 Å². The van der Waals surface area contributed by atoms with Crippen molar-refractivity contribution < 1.29 is 23.1 Å². The maximum Gasteiger partial charge on any atom is 0.416 e. The molecule has 24 heavy (non-hydrogen) atoms. The number of hydrogen-bond donors (Lipinski definition) is 2. The summed E-state index contributed by atoms with van der Waals surface area (Å²) in [6.45, 7) is 4.48. The second-order valence-electron chi connectivity index (χ2n) is 6.50. The number of aliphatic hydroxyl groups excluding tert-OH is 1. The van der Waals surface area contributed by atoms with Crippen LogP contribution in [0.2, 0.25) is 0 Å². The minimum absolute atomic E-state index is 0.0425. The topological polar surface area (TPSA) is 52.6 Å². The summed E-state index contributed by atoms with van der Waals surface area (Å²) in [4.78, 5) is 13.6. The first-order valence-electron chi connectivity index (χ1n) is 8.05. The average Bonchev–Trinajstić information content (AvgIpc) is 2.85. The van der Waals surface area contributed by atoms with Crippen molar-refractivity contribution in [2.24, 2.45) is 0 Å². The second-order valence-corrected chi connectivity index (χ2v) is 6.50. The highest BCUT2D eigenvalue weighted by Crippen LogP contribution is 2.36. The van der Waals surface area contributed by atoms with Crippen molar-refractivity contribution in [3.8, 4) is 0 Å². The molecular formula is C17H23F3N2O2. The normalized spacial score (nSPS) is 22.1. The molecule has 0 aromatic heterocycles. The number of carbonyl (C=O) groups excluding carboxylic acids is 1. The van der Waals surface area contributed by atoms with Crippen molar-refractivity contribution in [1.29, 1.82) is 0 Å². The maximum atomic E-state index is 12.9. The van der Waals surface area contributed by atoms with Crippen molar-refractivity contribution in [3.05, 3.63) is 35.4 Å². The van der Waals surface area contributed by atoms with E-state index in [1.165, 1.54) is 6.07 Å². The van der Waals surface area contributed by atoms with Crippen LogP contribution in [0.15, 0.2) is 24.3 Å². The van der Waals surface area contributed by atoms with Crippen LogP contribution >= 0.6 is 0 Å². The highest BCUT2D eigenvalue weighted by molar-refractivity contribution is 5.76. The molecule has 1 amide bonds. The number of hydrogen-bond acceptors (Lipinski definition) is 3. The number of amides is 1. The number of rotatable bonds is 5. The van der Waals surface area contributed by atoms with Crippen LogP contribution in [0.3, 0.4) is 0 Å². The van der Waals surface area contributed by atoms with E-state index in [1.807, 2.05) is 18.7 Å². The standard InChI is InChI=1S/C17H23F3N2O2/c1-11(2)21-16(24)6-7-22-10-14(23)9-15(22)12-4-3-5-13(8-12)17(18,19)20/h3-5,8,11,14-15,23H,6-7,9-10H2,1-2H3,(H,21,24)/t14-,15-/m0/s1. The molecule has 134 valence electrons. The molecule has 1 aliphatic rings. The quantitative estimate of drug-likeness (QED) is 0.864. The van der Waals surface area contributed by atoms with Gasteiger partial charge in [-0.2, -0.15) is 13.2 Å². The molecule has 0 spiro atoms. The van der Waals surface area contributed by atoms with E-state index in [0.29, 0.717) is 25.1 Å². The smallest absolute Gasteiger partial charge is 0.392 e. The predicted molar refractivity (Wildman–Crippen MR) is 84.3 cm³/mol. The summed E-state index contributed by atoms with van der Waals surface area (Å²) in [5.74, 6) is -0.103. The summed E-state index contributed by atoms with van der Waals surface area (Å²) in [6, 6.07) is 4.92. The van der Waals surface area contributed by atoms with Gasteiger partial charge in [0, 0.05) is 31.6 Å². The molecular weight excluding hydrogens is 321 g/mol. The molecule has 1 heterocycles. The van der Waals surface area contributed by atoms with Crippen LogP contribution < -0.4 is 5.32 Å². The fourth-order valence-electron chi connectivity index (χ4n) is 3.03. The van der Waals surface area contributed by atoms with Gasteiger partial charge in [0.2, 0.25) is 5.91 Å². The number of benzene rings is 1. The Balaban J connectivity index is 2.09. The van der Waals surface area contributed by atoms with Crippen LogP contribution in [0.1, 0.15) is 43.9 Å². The molecule has 1 aromatic rings. The molecule has 4 nitrogen and oxygen atoms in total. The van der Waals surface area contributed by atoms with E-state index in [-0.39, 0.29) is 24.4 Å². The summed E-state index contributed by atoms with van der Waals surface area (Å²) in [5, 5.41) is 12.7. The summed E-state index contributed by atoms with van der Waals surface area (Å²) in [5.41, 5.74) is -0.176. The number of alkyl halides is 3. The molecule has 1 aliphatic heterocycles. The van der Waals surface area contributed by atoms with E-state index in [9.17, 15) is 23.1 Å². The Morgan fingerprint density at radius 1 is 1.42 bits per heavy atom. The van der Waals surface area contributed by atoms with Gasteiger partial charge in [0.05, 0.1) is 11.7 Å².